The lowest BCUT2D eigenvalue weighted by atomic mass is 10.2. The van der Waals surface area contributed by atoms with Gasteiger partial charge < -0.3 is 0 Å². The molecule has 2 rings (SSSR count). The molecule has 2 aromatic rings. The van der Waals surface area contributed by atoms with Crippen LogP contribution in [0, 0.1) is 10.1 Å². The summed E-state index contributed by atoms with van der Waals surface area (Å²) in [4.78, 5) is 10.3. The summed E-state index contributed by atoms with van der Waals surface area (Å²) < 4.78 is 1.46. The van der Waals surface area contributed by atoms with E-state index in [1.807, 2.05) is 0 Å². The van der Waals surface area contributed by atoms with Gasteiger partial charge in [-0.05, 0) is 22.0 Å². The molecule has 1 aromatic heterocycles. The van der Waals surface area contributed by atoms with E-state index in [0.717, 1.165) is 4.70 Å². The number of benzene rings is 1. The van der Waals surface area contributed by atoms with Gasteiger partial charge in [-0.1, -0.05) is 11.6 Å². The number of rotatable bonds is 1. The first kappa shape index (κ1) is 9.89. The van der Waals surface area contributed by atoms with Gasteiger partial charge in [-0.15, -0.1) is 11.3 Å². The summed E-state index contributed by atoms with van der Waals surface area (Å²) in [6, 6.07) is 2.97. The SMILES string of the molecule is O=[N+]([O-])c1ccc(Cl)c2scc(Br)c12. The van der Waals surface area contributed by atoms with Crippen molar-refractivity contribution < 1.29 is 4.92 Å². The van der Waals surface area contributed by atoms with Crippen LogP contribution in [0.1, 0.15) is 0 Å². The maximum absolute atomic E-state index is 10.7. The Kier molecular flexibility index (Phi) is 2.47. The molecule has 0 radical (unpaired) electrons. The summed E-state index contributed by atoms with van der Waals surface area (Å²) in [5.41, 5.74) is 0.0810. The molecule has 0 aliphatic heterocycles. The van der Waals surface area contributed by atoms with E-state index in [1.165, 1.54) is 17.4 Å². The molecule has 0 atom stereocenters. The number of thiophene rings is 1. The number of nitro benzene ring substituents is 1. The summed E-state index contributed by atoms with van der Waals surface area (Å²) >= 11 is 10.6. The van der Waals surface area contributed by atoms with Crippen molar-refractivity contribution in [2.45, 2.75) is 0 Å². The molecule has 0 aliphatic carbocycles. The maximum Gasteiger partial charge on any atom is 0.279 e. The van der Waals surface area contributed by atoms with Crippen LogP contribution in [0.2, 0.25) is 5.02 Å². The maximum atomic E-state index is 10.7. The van der Waals surface area contributed by atoms with E-state index in [2.05, 4.69) is 15.9 Å². The molecular formula is C8H3BrClNO2S. The van der Waals surface area contributed by atoms with Crippen molar-refractivity contribution >= 4 is 54.6 Å². The first-order chi connectivity index (χ1) is 6.61. The topological polar surface area (TPSA) is 43.1 Å². The van der Waals surface area contributed by atoms with E-state index in [0.29, 0.717) is 14.9 Å². The zero-order chi connectivity index (χ0) is 10.3. The Morgan fingerprint density at radius 3 is 2.86 bits per heavy atom. The number of hydrogen-bond acceptors (Lipinski definition) is 3. The number of nitrogens with zero attached hydrogens (tertiary/aromatic N) is 1. The lowest BCUT2D eigenvalue weighted by Gasteiger charge is -1.96. The second-order valence-electron chi connectivity index (χ2n) is 2.61. The van der Waals surface area contributed by atoms with Gasteiger partial charge in [0.1, 0.15) is 0 Å². The Morgan fingerprint density at radius 1 is 1.50 bits per heavy atom. The Balaban J connectivity index is 2.92. The highest BCUT2D eigenvalue weighted by Gasteiger charge is 2.17. The van der Waals surface area contributed by atoms with Gasteiger partial charge in [0, 0.05) is 15.9 Å². The van der Waals surface area contributed by atoms with Crippen molar-refractivity contribution in [1.29, 1.82) is 0 Å². The highest BCUT2D eigenvalue weighted by atomic mass is 79.9. The van der Waals surface area contributed by atoms with Crippen LogP contribution < -0.4 is 0 Å². The highest BCUT2D eigenvalue weighted by molar-refractivity contribution is 9.10. The molecule has 0 unspecified atom stereocenters. The van der Waals surface area contributed by atoms with Gasteiger partial charge in [-0.2, -0.15) is 0 Å². The minimum Gasteiger partial charge on any atom is -0.258 e. The minimum atomic E-state index is -0.407. The fourth-order valence-electron chi connectivity index (χ4n) is 1.21. The second-order valence-corrected chi connectivity index (χ2v) is 4.75. The summed E-state index contributed by atoms with van der Waals surface area (Å²) in [7, 11) is 0. The Morgan fingerprint density at radius 2 is 2.21 bits per heavy atom. The zero-order valence-corrected chi connectivity index (χ0v) is 9.82. The van der Waals surface area contributed by atoms with Gasteiger partial charge in [-0.3, -0.25) is 10.1 Å². The third kappa shape index (κ3) is 1.41. The monoisotopic (exact) mass is 291 g/mol. The second kappa shape index (κ2) is 3.49. The van der Waals surface area contributed by atoms with Crippen molar-refractivity contribution in [3.8, 4) is 0 Å². The number of halogens is 2. The third-order valence-corrected chi connectivity index (χ3v) is 4.17. The van der Waals surface area contributed by atoms with E-state index in [9.17, 15) is 10.1 Å². The third-order valence-electron chi connectivity index (χ3n) is 1.80. The van der Waals surface area contributed by atoms with Gasteiger partial charge in [0.15, 0.2) is 0 Å². The van der Waals surface area contributed by atoms with Crippen molar-refractivity contribution in [2.75, 3.05) is 0 Å². The molecule has 1 aromatic carbocycles. The van der Waals surface area contributed by atoms with E-state index in [1.54, 1.807) is 11.4 Å². The predicted octanol–water partition coefficient (Wildman–Crippen LogP) is 4.23. The van der Waals surface area contributed by atoms with E-state index in [4.69, 9.17) is 11.6 Å². The molecule has 0 amide bonds. The molecule has 0 N–H and O–H groups in total. The zero-order valence-electron chi connectivity index (χ0n) is 6.66. The molecule has 3 nitrogen and oxygen atoms in total. The summed E-state index contributed by atoms with van der Waals surface area (Å²) in [5, 5.41) is 13.6. The van der Waals surface area contributed by atoms with Crippen LogP contribution in [-0.4, -0.2) is 4.92 Å². The van der Waals surface area contributed by atoms with Crippen LogP contribution in [0.3, 0.4) is 0 Å². The molecule has 0 saturated heterocycles. The summed E-state index contributed by atoms with van der Waals surface area (Å²) in [6.45, 7) is 0. The molecule has 1 heterocycles. The largest absolute Gasteiger partial charge is 0.279 e. The van der Waals surface area contributed by atoms with Crippen LogP contribution in [0.25, 0.3) is 10.1 Å². The standard InChI is InChI=1S/C8H3BrClNO2S/c9-4-3-14-8-5(10)1-2-6(7(4)8)11(12)13/h1-3H. The first-order valence-corrected chi connectivity index (χ1v) is 5.66. The molecule has 0 bridgehead atoms. The highest BCUT2D eigenvalue weighted by Crippen LogP contribution is 2.40. The van der Waals surface area contributed by atoms with Crippen molar-refractivity contribution in [3.63, 3.8) is 0 Å². The minimum absolute atomic E-state index is 0.0810. The quantitative estimate of drug-likeness (QED) is 0.583. The van der Waals surface area contributed by atoms with Crippen LogP contribution in [-0.2, 0) is 0 Å². The Labute approximate surface area is 96.6 Å². The summed E-state index contributed by atoms with van der Waals surface area (Å²) in [5.74, 6) is 0. The molecule has 72 valence electrons. The number of non-ortho nitro benzene ring substituents is 1. The lowest BCUT2D eigenvalue weighted by molar-refractivity contribution is -0.383. The van der Waals surface area contributed by atoms with Gasteiger partial charge >= 0.3 is 0 Å². The van der Waals surface area contributed by atoms with Crippen molar-refractivity contribution in [1.82, 2.24) is 0 Å². The molecule has 14 heavy (non-hydrogen) atoms. The number of nitro groups is 1. The van der Waals surface area contributed by atoms with Gasteiger partial charge in [-0.25, -0.2) is 0 Å². The van der Waals surface area contributed by atoms with Crippen LogP contribution >= 0.6 is 38.9 Å². The van der Waals surface area contributed by atoms with Gasteiger partial charge in [0.2, 0.25) is 0 Å². The number of hydrogen-bond donors (Lipinski definition) is 0. The van der Waals surface area contributed by atoms with E-state index in [-0.39, 0.29) is 5.69 Å². The average Bonchev–Trinajstić information content (AvgIpc) is 2.50. The first-order valence-electron chi connectivity index (χ1n) is 3.61. The van der Waals surface area contributed by atoms with Crippen LogP contribution in [0.5, 0.6) is 0 Å². The Bertz CT molecular complexity index is 525. The smallest absolute Gasteiger partial charge is 0.258 e. The lowest BCUT2D eigenvalue weighted by Crippen LogP contribution is -1.88. The molecule has 0 spiro atoms. The molecule has 0 fully saturated rings. The molecule has 0 saturated carbocycles. The van der Waals surface area contributed by atoms with Crippen LogP contribution in [0.15, 0.2) is 22.0 Å². The van der Waals surface area contributed by atoms with E-state index < -0.39 is 4.92 Å². The van der Waals surface area contributed by atoms with Crippen molar-refractivity contribution in [2.24, 2.45) is 0 Å². The Hall–Kier alpha value is -0.650. The molecule has 0 aliphatic rings. The summed E-state index contributed by atoms with van der Waals surface area (Å²) in [6.07, 6.45) is 0. The fraction of sp³-hybridized carbons (Fsp3) is 0. The van der Waals surface area contributed by atoms with Gasteiger partial charge in [0.25, 0.3) is 5.69 Å². The van der Waals surface area contributed by atoms with Crippen molar-refractivity contribution in [3.05, 3.63) is 37.1 Å². The fourth-order valence-corrected chi connectivity index (χ4v) is 3.17. The molecular weight excluding hydrogens is 290 g/mol. The molecule has 6 heteroatoms. The average molecular weight is 293 g/mol. The number of fused-ring (bicyclic) bond motifs is 1. The predicted molar refractivity (Wildman–Crippen MR) is 61.2 cm³/mol. The van der Waals surface area contributed by atoms with Gasteiger partial charge in [0.05, 0.1) is 20.0 Å². The normalized spacial score (nSPS) is 10.7. The van der Waals surface area contributed by atoms with E-state index >= 15 is 0 Å². The van der Waals surface area contributed by atoms with Crippen LogP contribution in [0.4, 0.5) is 5.69 Å².